The number of nitrogens with one attached hydrogen (secondary N) is 1. The van der Waals surface area contributed by atoms with Crippen molar-refractivity contribution in [2.24, 2.45) is 0 Å². The molecule has 0 aliphatic heterocycles. The highest BCUT2D eigenvalue weighted by Gasteiger charge is 2.09. The van der Waals surface area contributed by atoms with E-state index in [0.29, 0.717) is 11.5 Å². The maximum absolute atomic E-state index is 12.4. The number of benzene rings is 2. The normalized spacial score (nSPS) is 10.8. The zero-order valence-electron chi connectivity index (χ0n) is 15.4. The van der Waals surface area contributed by atoms with Crippen molar-refractivity contribution in [3.63, 3.8) is 0 Å². The Morgan fingerprint density at radius 2 is 1.89 bits per heavy atom. The first kappa shape index (κ1) is 18.7. The number of methoxy groups -OCH3 is 2. The molecule has 0 saturated heterocycles. The van der Waals surface area contributed by atoms with Crippen LogP contribution in [0.25, 0.3) is 17.3 Å². The van der Waals surface area contributed by atoms with Crippen molar-refractivity contribution in [3.05, 3.63) is 64.5 Å². The monoisotopic (exact) mass is 380 g/mol. The van der Waals surface area contributed by atoms with Crippen molar-refractivity contribution in [2.45, 2.75) is 6.92 Å². The van der Waals surface area contributed by atoms with Crippen LogP contribution in [0.2, 0.25) is 0 Å². The molecule has 3 aromatic rings. The first-order valence-electron chi connectivity index (χ1n) is 8.33. The van der Waals surface area contributed by atoms with Crippen molar-refractivity contribution in [3.8, 4) is 22.8 Å². The van der Waals surface area contributed by atoms with E-state index in [1.807, 2.05) is 48.7 Å². The van der Waals surface area contributed by atoms with E-state index in [9.17, 15) is 4.79 Å². The summed E-state index contributed by atoms with van der Waals surface area (Å²) in [5, 5.41) is 5.89. The molecule has 0 atom stereocenters. The number of aromatic nitrogens is 1. The third-order valence-corrected chi connectivity index (χ3v) is 4.69. The number of thiazole rings is 1. The van der Waals surface area contributed by atoms with Gasteiger partial charge in [0.1, 0.15) is 0 Å². The SMILES string of the molecule is COc1ccc(/C=C/C(=O)Nc2ccccc2-c2csc(C)n2)cc1OC. The zero-order chi connectivity index (χ0) is 19.2. The molecule has 0 spiro atoms. The van der Waals surface area contributed by atoms with Crippen LogP contribution in [0.15, 0.2) is 53.9 Å². The van der Waals surface area contributed by atoms with E-state index < -0.39 is 0 Å². The van der Waals surface area contributed by atoms with Crippen LogP contribution in [0.1, 0.15) is 10.6 Å². The molecule has 0 aliphatic carbocycles. The number of anilines is 1. The third kappa shape index (κ3) is 4.54. The summed E-state index contributed by atoms with van der Waals surface area (Å²) in [6, 6.07) is 13.1. The van der Waals surface area contributed by atoms with Crippen LogP contribution in [0.5, 0.6) is 11.5 Å². The van der Waals surface area contributed by atoms with Gasteiger partial charge in [-0.05, 0) is 36.8 Å². The minimum absolute atomic E-state index is 0.218. The van der Waals surface area contributed by atoms with Crippen LogP contribution in [-0.2, 0) is 4.79 Å². The number of amides is 1. The highest BCUT2D eigenvalue weighted by molar-refractivity contribution is 7.09. The first-order chi connectivity index (χ1) is 13.1. The van der Waals surface area contributed by atoms with Gasteiger partial charge in [-0.15, -0.1) is 11.3 Å². The van der Waals surface area contributed by atoms with Gasteiger partial charge in [0.05, 0.1) is 30.6 Å². The molecule has 0 fully saturated rings. The highest BCUT2D eigenvalue weighted by Crippen LogP contribution is 2.29. The summed E-state index contributed by atoms with van der Waals surface area (Å²) in [6.07, 6.45) is 3.22. The smallest absolute Gasteiger partial charge is 0.248 e. The molecule has 1 heterocycles. The van der Waals surface area contributed by atoms with Crippen LogP contribution in [0.3, 0.4) is 0 Å². The molecule has 1 N–H and O–H groups in total. The Hall–Kier alpha value is -3.12. The summed E-state index contributed by atoms with van der Waals surface area (Å²) >= 11 is 1.58. The fourth-order valence-electron chi connectivity index (χ4n) is 2.61. The molecule has 1 aromatic heterocycles. The molecular formula is C21H20N2O3S. The number of para-hydroxylation sites is 1. The van der Waals surface area contributed by atoms with Gasteiger partial charge in [0.25, 0.3) is 0 Å². The molecule has 0 unspecified atom stereocenters. The van der Waals surface area contributed by atoms with Gasteiger partial charge in [-0.2, -0.15) is 0 Å². The summed E-state index contributed by atoms with van der Waals surface area (Å²) < 4.78 is 10.5. The van der Waals surface area contributed by atoms with Gasteiger partial charge in [-0.25, -0.2) is 4.98 Å². The second-order valence-corrected chi connectivity index (χ2v) is 6.80. The lowest BCUT2D eigenvalue weighted by Crippen LogP contribution is -2.08. The van der Waals surface area contributed by atoms with Crippen LogP contribution in [0, 0.1) is 6.92 Å². The van der Waals surface area contributed by atoms with E-state index in [1.165, 1.54) is 6.08 Å². The molecule has 5 nitrogen and oxygen atoms in total. The lowest BCUT2D eigenvalue weighted by Gasteiger charge is -2.08. The van der Waals surface area contributed by atoms with Gasteiger partial charge >= 0.3 is 0 Å². The molecule has 27 heavy (non-hydrogen) atoms. The fraction of sp³-hybridized carbons (Fsp3) is 0.143. The summed E-state index contributed by atoms with van der Waals surface area (Å²) in [5.41, 5.74) is 3.32. The molecule has 1 amide bonds. The molecule has 0 aliphatic rings. The second-order valence-electron chi connectivity index (χ2n) is 5.73. The fourth-order valence-corrected chi connectivity index (χ4v) is 3.22. The lowest BCUT2D eigenvalue weighted by atomic mass is 10.1. The van der Waals surface area contributed by atoms with Crippen LogP contribution in [0.4, 0.5) is 5.69 Å². The van der Waals surface area contributed by atoms with Crippen LogP contribution in [-0.4, -0.2) is 25.1 Å². The summed E-state index contributed by atoms with van der Waals surface area (Å²) in [6.45, 7) is 1.96. The Kier molecular flexibility index (Phi) is 5.88. The Labute approximate surface area is 162 Å². The lowest BCUT2D eigenvalue weighted by molar-refractivity contribution is -0.111. The topological polar surface area (TPSA) is 60.5 Å². The summed E-state index contributed by atoms with van der Waals surface area (Å²) in [5.74, 6) is 1.04. The standard InChI is InChI=1S/C21H20N2O3S/c1-14-22-18(13-27-14)16-6-4-5-7-17(16)23-21(24)11-9-15-8-10-19(25-2)20(12-15)26-3/h4-13H,1-3H3,(H,23,24)/b11-9+. The molecule has 6 heteroatoms. The first-order valence-corrected chi connectivity index (χ1v) is 9.21. The summed E-state index contributed by atoms with van der Waals surface area (Å²) in [7, 11) is 3.16. The Balaban J connectivity index is 1.76. The maximum atomic E-state index is 12.4. The van der Waals surface area contributed by atoms with Gasteiger partial charge < -0.3 is 14.8 Å². The second kappa shape index (κ2) is 8.51. The number of nitrogens with zero attached hydrogens (tertiary/aromatic N) is 1. The van der Waals surface area contributed by atoms with E-state index in [-0.39, 0.29) is 5.91 Å². The average Bonchev–Trinajstić information content (AvgIpc) is 3.12. The molecular weight excluding hydrogens is 360 g/mol. The van der Waals surface area contributed by atoms with E-state index in [4.69, 9.17) is 9.47 Å². The van der Waals surface area contributed by atoms with Gasteiger partial charge in [-0.1, -0.05) is 24.3 Å². The maximum Gasteiger partial charge on any atom is 0.248 e. The number of aryl methyl sites for hydroxylation is 1. The van der Waals surface area contributed by atoms with Crippen molar-refractivity contribution in [1.29, 1.82) is 0 Å². The van der Waals surface area contributed by atoms with Gasteiger partial charge in [0.15, 0.2) is 11.5 Å². The van der Waals surface area contributed by atoms with E-state index in [2.05, 4.69) is 10.3 Å². The Morgan fingerprint density at radius 1 is 1.11 bits per heavy atom. The largest absolute Gasteiger partial charge is 0.493 e. The van der Waals surface area contributed by atoms with Crippen LogP contribution < -0.4 is 14.8 Å². The molecule has 2 aromatic carbocycles. The average molecular weight is 380 g/mol. The predicted octanol–water partition coefficient (Wildman–Crippen LogP) is 4.79. The van der Waals surface area contributed by atoms with Crippen molar-refractivity contribution in [2.75, 3.05) is 19.5 Å². The van der Waals surface area contributed by atoms with E-state index in [1.54, 1.807) is 37.7 Å². The molecule has 3 rings (SSSR count). The quantitative estimate of drug-likeness (QED) is 0.625. The number of hydrogen-bond acceptors (Lipinski definition) is 5. The minimum Gasteiger partial charge on any atom is -0.493 e. The number of carbonyl (C=O) groups excluding carboxylic acids is 1. The summed E-state index contributed by atoms with van der Waals surface area (Å²) in [4.78, 5) is 16.9. The third-order valence-electron chi connectivity index (χ3n) is 3.91. The zero-order valence-corrected chi connectivity index (χ0v) is 16.2. The van der Waals surface area contributed by atoms with E-state index >= 15 is 0 Å². The minimum atomic E-state index is -0.218. The van der Waals surface area contributed by atoms with Gasteiger partial charge in [-0.3, -0.25) is 4.79 Å². The number of carbonyl (C=O) groups is 1. The van der Waals surface area contributed by atoms with Crippen LogP contribution >= 0.6 is 11.3 Å². The number of hydrogen-bond donors (Lipinski definition) is 1. The predicted molar refractivity (Wildman–Crippen MR) is 109 cm³/mol. The number of rotatable bonds is 6. The van der Waals surface area contributed by atoms with Gasteiger partial charge in [0, 0.05) is 17.0 Å². The Morgan fingerprint density at radius 3 is 2.59 bits per heavy atom. The molecule has 0 bridgehead atoms. The van der Waals surface area contributed by atoms with Crippen molar-refractivity contribution >= 4 is 29.0 Å². The number of ether oxygens (including phenoxy) is 2. The van der Waals surface area contributed by atoms with E-state index in [0.717, 1.165) is 27.5 Å². The van der Waals surface area contributed by atoms with Crippen molar-refractivity contribution < 1.29 is 14.3 Å². The van der Waals surface area contributed by atoms with Gasteiger partial charge in [0.2, 0.25) is 5.91 Å². The molecule has 0 radical (unpaired) electrons. The highest BCUT2D eigenvalue weighted by atomic mass is 32.1. The Bertz CT molecular complexity index is 979. The van der Waals surface area contributed by atoms with Crippen molar-refractivity contribution in [1.82, 2.24) is 4.98 Å². The molecule has 138 valence electrons. The molecule has 0 saturated carbocycles.